The summed E-state index contributed by atoms with van der Waals surface area (Å²) in [4.78, 5) is 13.4. The first-order valence-corrected chi connectivity index (χ1v) is 6.91. The fourth-order valence-corrected chi connectivity index (χ4v) is 2.95. The van der Waals surface area contributed by atoms with Crippen molar-refractivity contribution in [3.63, 3.8) is 0 Å². The van der Waals surface area contributed by atoms with E-state index in [9.17, 15) is 23.1 Å². The lowest BCUT2D eigenvalue weighted by Gasteiger charge is -2.51. The van der Waals surface area contributed by atoms with Crippen LogP contribution in [0.2, 0.25) is 0 Å². The summed E-state index contributed by atoms with van der Waals surface area (Å²) in [5, 5.41) is 18.1. The predicted molar refractivity (Wildman–Crippen MR) is 71.1 cm³/mol. The number of halogens is 3. The van der Waals surface area contributed by atoms with Crippen LogP contribution in [-0.4, -0.2) is 70.6 Å². The molecule has 124 valence electrons. The van der Waals surface area contributed by atoms with Gasteiger partial charge in [-0.05, 0) is 11.8 Å². The number of hydrogen-bond acceptors (Lipinski definition) is 3. The van der Waals surface area contributed by atoms with Gasteiger partial charge in [-0.2, -0.15) is 13.2 Å². The van der Waals surface area contributed by atoms with Crippen molar-refractivity contribution < 1.29 is 28.2 Å². The standard InChI is InChI=1S/C13H23F3N2O3/c1-12(2,3)9-10(13(14,15)16)17(5-4-8-19)6-7-18(9)11(20)21/h9-10,19H,4-8H2,1-3H3,(H,20,21)/t9-,10?/m0/s1. The van der Waals surface area contributed by atoms with Gasteiger partial charge in [0, 0.05) is 26.2 Å². The number of carbonyl (C=O) groups is 1. The molecule has 8 heteroatoms. The minimum Gasteiger partial charge on any atom is -0.465 e. The Morgan fingerprint density at radius 1 is 1.19 bits per heavy atom. The number of alkyl halides is 3. The van der Waals surface area contributed by atoms with Gasteiger partial charge in [-0.15, -0.1) is 0 Å². The summed E-state index contributed by atoms with van der Waals surface area (Å²) in [5.41, 5.74) is -0.851. The van der Waals surface area contributed by atoms with Crippen LogP contribution in [0, 0.1) is 5.41 Å². The van der Waals surface area contributed by atoms with Crippen LogP contribution in [-0.2, 0) is 0 Å². The van der Waals surface area contributed by atoms with E-state index < -0.39 is 29.8 Å². The fraction of sp³-hybridized carbons (Fsp3) is 0.923. The van der Waals surface area contributed by atoms with E-state index in [1.54, 1.807) is 20.8 Å². The molecule has 2 N–H and O–H groups in total. The van der Waals surface area contributed by atoms with Gasteiger partial charge in [0.2, 0.25) is 0 Å². The molecule has 1 fully saturated rings. The number of rotatable bonds is 3. The van der Waals surface area contributed by atoms with Gasteiger partial charge in [0.25, 0.3) is 0 Å². The van der Waals surface area contributed by atoms with Crippen molar-refractivity contribution in [3.05, 3.63) is 0 Å². The largest absolute Gasteiger partial charge is 0.465 e. The molecule has 0 radical (unpaired) electrons. The number of aliphatic hydroxyl groups excluding tert-OH is 1. The van der Waals surface area contributed by atoms with Crippen molar-refractivity contribution >= 4 is 6.09 Å². The molecule has 1 aliphatic heterocycles. The molecular formula is C13H23F3N2O3. The van der Waals surface area contributed by atoms with Crippen molar-refractivity contribution in [3.8, 4) is 0 Å². The first-order valence-electron chi connectivity index (χ1n) is 6.91. The van der Waals surface area contributed by atoms with Crippen LogP contribution in [0.3, 0.4) is 0 Å². The summed E-state index contributed by atoms with van der Waals surface area (Å²) in [6.45, 7) is 4.80. The molecule has 1 rings (SSSR count). The first kappa shape index (κ1) is 18.0. The fourth-order valence-electron chi connectivity index (χ4n) is 2.95. The molecule has 0 bridgehead atoms. The summed E-state index contributed by atoms with van der Waals surface area (Å²) < 4.78 is 40.5. The minimum atomic E-state index is -4.53. The highest BCUT2D eigenvalue weighted by atomic mass is 19.4. The number of aliphatic hydroxyl groups is 1. The van der Waals surface area contributed by atoms with Crippen LogP contribution >= 0.6 is 0 Å². The minimum absolute atomic E-state index is 0.0169. The molecule has 0 aromatic carbocycles. The third-order valence-corrected chi connectivity index (χ3v) is 3.73. The summed E-state index contributed by atoms with van der Waals surface area (Å²) in [6, 6.07) is -3.03. The average molecular weight is 312 g/mol. The Bertz CT molecular complexity index is 369. The zero-order chi connectivity index (χ0) is 16.4. The van der Waals surface area contributed by atoms with Crippen molar-refractivity contribution in [1.29, 1.82) is 0 Å². The summed E-state index contributed by atoms with van der Waals surface area (Å²) >= 11 is 0. The van der Waals surface area contributed by atoms with Gasteiger partial charge in [0.1, 0.15) is 6.04 Å². The van der Waals surface area contributed by atoms with Crippen molar-refractivity contribution in [2.75, 3.05) is 26.2 Å². The number of piperazine rings is 1. The molecule has 1 aliphatic rings. The monoisotopic (exact) mass is 312 g/mol. The van der Waals surface area contributed by atoms with Gasteiger partial charge in [-0.3, -0.25) is 4.90 Å². The Morgan fingerprint density at radius 2 is 1.76 bits per heavy atom. The van der Waals surface area contributed by atoms with Gasteiger partial charge >= 0.3 is 12.3 Å². The van der Waals surface area contributed by atoms with Crippen LogP contribution in [0.1, 0.15) is 27.2 Å². The molecule has 0 aromatic rings. The van der Waals surface area contributed by atoms with Gasteiger partial charge in [-0.25, -0.2) is 4.79 Å². The Labute approximate surface area is 122 Å². The number of carboxylic acid groups (broad SMARTS) is 1. The van der Waals surface area contributed by atoms with Gasteiger partial charge in [-0.1, -0.05) is 20.8 Å². The van der Waals surface area contributed by atoms with E-state index in [-0.39, 0.29) is 32.7 Å². The maximum absolute atomic E-state index is 13.5. The zero-order valence-electron chi connectivity index (χ0n) is 12.5. The summed E-state index contributed by atoms with van der Waals surface area (Å²) in [7, 11) is 0. The third kappa shape index (κ3) is 4.23. The Balaban J connectivity index is 3.18. The second kappa shape index (κ2) is 6.39. The van der Waals surface area contributed by atoms with E-state index in [2.05, 4.69) is 0 Å². The molecule has 1 amide bonds. The molecule has 2 atom stereocenters. The Morgan fingerprint density at radius 3 is 2.14 bits per heavy atom. The molecule has 0 aliphatic carbocycles. The van der Waals surface area contributed by atoms with Crippen LogP contribution in [0.5, 0.6) is 0 Å². The molecule has 0 saturated carbocycles. The number of hydrogen-bond donors (Lipinski definition) is 2. The summed E-state index contributed by atoms with van der Waals surface area (Å²) in [5.74, 6) is 0. The number of amides is 1. The van der Waals surface area contributed by atoms with Crippen molar-refractivity contribution in [2.45, 2.75) is 45.5 Å². The zero-order valence-corrected chi connectivity index (χ0v) is 12.5. The third-order valence-electron chi connectivity index (χ3n) is 3.73. The summed E-state index contributed by atoms with van der Waals surface area (Å²) in [6.07, 6.45) is -5.62. The van der Waals surface area contributed by atoms with E-state index in [0.29, 0.717) is 0 Å². The molecule has 21 heavy (non-hydrogen) atoms. The van der Waals surface area contributed by atoms with Crippen LogP contribution in [0.4, 0.5) is 18.0 Å². The van der Waals surface area contributed by atoms with Crippen molar-refractivity contribution in [2.24, 2.45) is 5.41 Å². The van der Waals surface area contributed by atoms with E-state index in [1.165, 1.54) is 4.90 Å². The molecule has 1 saturated heterocycles. The Hall–Kier alpha value is -1.02. The highest BCUT2D eigenvalue weighted by Crippen LogP contribution is 2.39. The van der Waals surface area contributed by atoms with Crippen LogP contribution in [0.15, 0.2) is 0 Å². The normalized spacial score (nSPS) is 25.2. The molecule has 1 heterocycles. The van der Waals surface area contributed by atoms with Crippen LogP contribution < -0.4 is 0 Å². The molecular weight excluding hydrogens is 289 g/mol. The average Bonchev–Trinajstić information content (AvgIpc) is 2.32. The lowest BCUT2D eigenvalue weighted by atomic mass is 9.79. The quantitative estimate of drug-likeness (QED) is 0.837. The lowest BCUT2D eigenvalue weighted by Crippen LogP contribution is -2.69. The highest BCUT2D eigenvalue weighted by molar-refractivity contribution is 5.66. The predicted octanol–water partition coefficient (Wildman–Crippen LogP) is 2.01. The molecule has 5 nitrogen and oxygen atoms in total. The second-order valence-corrected chi connectivity index (χ2v) is 6.39. The smallest absolute Gasteiger partial charge is 0.407 e. The van der Waals surface area contributed by atoms with E-state index in [1.807, 2.05) is 0 Å². The molecule has 0 spiro atoms. The number of nitrogens with zero attached hydrogens (tertiary/aromatic N) is 2. The lowest BCUT2D eigenvalue weighted by molar-refractivity contribution is -0.219. The SMILES string of the molecule is CC(C)(C)[C@@H]1C(C(F)(F)F)N(CCCO)CCN1C(=O)O. The van der Waals surface area contributed by atoms with Crippen molar-refractivity contribution in [1.82, 2.24) is 9.80 Å². The van der Waals surface area contributed by atoms with E-state index >= 15 is 0 Å². The van der Waals surface area contributed by atoms with Gasteiger partial charge in [0.15, 0.2) is 0 Å². The van der Waals surface area contributed by atoms with E-state index in [4.69, 9.17) is 5.11 Å². The van der Waals surface area contributed by atoms with Gasteiger partial charge < -0.3 is 15.1 Å². The Kier molecular flexibility index (Phi) is 5.49. The maximum atomic E-state index is 13.5. The molecule has 0 aromatic heterocycles. The molecule has 1 unspecified atom stereocenters. The maximum Gasteiger partial charge on any atom is 0.407 e. The van der Waals surface area contributed by atoms with Gasteiger partial charge in [0.05, 0.1) is 6.04 Å². The van der Waals surface area contributed by atoms with E-state index in [0.717, 1.165) is 4.90 Å². The highest BCUT2D eigenvalue weighted by Gasteiger charge is 2.56. The topological polar surface area (TPSA) is 64.0 Å². The van der Waals surface area contributed by atoms with Crippen LogP contribution in [0.25, 0.3) is 0 Å². The first-order chi connectivity index (χ1) is 9.50. The second-order valence-electron chi connectivity index (χ2n) is 6.39.